The maximum absolute atomic E-state index is 13.7. The molecule has 1 aromatic heterocycles. The van der Waals surface area contributed by atoms with Gasteiger partial charge in [0.25, 0.3) is 11.6 Å². The second kappa shape index (κ2) is 10.2. The van der Waals surface area contributed by atoms with Gasteiger partial charge < -0.3 is 15.4 Å². The van der Waals surface area contributed by atoms with Crippen LogP contribution in [0.15, 0.2) is 78.0 Å². The van der Waals surface area contributed by atoms with Gasteiger partial charge in [-0.3, -0.25) is 14.9 Å². The minimum Gasteiger partial charge on any atom is -0.495 e. The number of ether oxygens (including phenoxy) is 1. The van der Waals surface area contributed by atoms with Crippen molar-refractivity contribution in [2.24, 2.45) is 0 Å². The number of hydrogen-bond acceptors (Lipinski definition) is 7. The van der Waals surface area contributed by atoms with E-state index in [1.165, 1.54) is 23.9 Å². The standard InChI is InChI=1S/C26H20Cl2N6O4/c1-14-22(25(35)30-20-8-3-4-9-21(20)38-2)23(15-6-5-7-17(12-15)34(36)37)33-26(29-14)31-24(32-33)16-10-11-18(27)19(28)13-16/h3-13,23H,1-2H3,(H,30,35)(H,29,31,32). The minimum absolute atomic E-state index is 0.116. The van der Waals surface area contributed by atoms with E-state index in [4.69, 9.17) is 27.9 Å². The van der Waals surface area contributed by atoms with E-state index in [0.29, 0.717) is 55.7 Å². The van der Waals surface area contributed by atoms with Crippen LogP contribution in [0.1, 0.15) is 18.5 Å². The largest absolute Gasteiger partial charge is 0.495 e. The number of fused-ring (bicyclic) bond motifs is 1. The highest BCUT2D eigenvalue weighted by Crippen LogP contribution is 2.38. The van der Waals surface area contributed by atoms with Crippen molar-refractivity contribution >= 4 is 46.4 Å². The summed E-state index contributed by atoms with van der Waals surface area (Å²) in [5.74, 6) is 0.737. The van der Waals surface area contributed by atoms with Crippen molar-refractivity contribution in [2.45, 2.75) is 13.0 Å². The van der Waals surface area contributed by atoms with Crippen molar-refractivity contribution < 1.29 is 14.5 Å². The summed E-state index contributed by atoms with van der Waals surface area (Å²) in [6, 6.07) is 17.3. The monoisotopic (exact) mass is 550 g/mol. The molecule has 1 aliphatic rings. The lowest BCUT2D eigenvalue weighted by molar-refractivity contribution is -0.384. The van der Waals surface area contributed by atoms with Gasteiger partial charge in [0.1, 0.15) is 11.8 Å². The van der Waals surface area contributed by atoms with E-state index in [2.05, 4.69) is 20.7 Å². The molecule has 0 aliphatic carbocycles. The number of methoxy groups -OCH3 is 1. The second-order valence-electron chi connectivity index (χ2n) is 8.41. The van der Waals surface area contributed by atoms with E-state index < -0.39 is 16.9 Å². The molecule has 3 aromatic carbocycles. The Kier molecular flexibility index (Phi) is 6.75. The van der Waals surface area contributed by atoms with Crippen molar-refractivity contribution in [1.29, 1.82) is 0 Å². The average molecular weight is 551 g/mol. The Morgan fingerprint density at radius 2 is 1.89 bits per heavy atom. The number of non-ortho nitro benzene ring substituents is 1. The molecular formula is C26H20Cl2N6O4. The number of anilines is 2. The molecule has 0 bridgehead atoms. The van der Waals surface area contributed by atoms with Gasteiger partial charge in [0.05, 0.1) is 33.3 Å². The molecule has 1 amide bonds. The number of benzene rings is 3. The number of nitro groups is 1. The summed E-state index contributed by atoms with van der Waals surface area (Å²) in [4.78, 5) is 29.4. The molecule has 0 spiro atoms. The summed E-state index contributed by atoms with van der Waals surface area (Å²) >= 11 is 12.3. The van der Waals surface area contributed by atoms with Gasteiger partial charge in [-0.05, 0) is 42.8 Å². The molecule has 192 valence electrons. The van der Waals surface area contributed by atoms with Crippen LogP contribution in [0.25, 0.3) is 11.4 Å². The third kappa shape index (κ3) is 4.67. The summed E-state index contributed by atoms with van der Waals surface area (Å²) in [6.45, 7) is 1.73. The average Bonchev–Trinajstić information content (AvgIpc) is 3.33. The fraction of sp³-hybridized carbons (Fsp3) is 0.115. The summed E-state index contributed by atoms with van der Waals surface area (Å²) in [7, 11) is 1.51. The van der Waals surface area contributed by atoms with Crippen molar-refractivity contribution in [3.8, 4) is 17.1 Å². The van der Waals surface area contributed by atoms with Crippen LogP contribution in [0.3, 0.4) is 0 Å². The molecular weight excluding hydrogens is 531 g/mol. The fourth-order valence-corrected chi connectivity index (χ4v) is 4.55. The van der Waals surface area contributed by atoms with Gasteiger partial charge in [0, 0.05) is 23.4 Å². The number of para-hydroxylation sites is 2. The van der Waals surface area contributed by atoms with Crippen molar-refractivity contribution in [3.05, 3.63) is 104 Å². The van der Waals surface area contributed by atoms with Crippen molar-refractivity contribution in [2.75, 3.05) is 17.7 Å². The lowest BCUT2D eigenvalue weighted by atomic mass is 9.94. The summed E-state index contributed by atoms with van der Waals surface area (Å²) in [5.41, 5.74) is 2.26. The van der Waals surface area contributed by atoms with Crippen LogP contribution < -0.4 is 15.4 Å². The van der Waals surface area contributed by atoms with Crippen LogP contribution >= 0.6 is 23.2 Å². The second-order valence-corrected chi connectivity index (χ2v) is 9.22. The first-order valence-electron chi connectivity index (χ1n) is 11.3. The predicted molar refractivity (Wildman–Crippen MR) is 145 cm³/mol. The number of aromatic nitrogens is 3. The van der Waals surface area contributed by atoms with Gasteiger partial charge in [-0.1, -0.05) is 47.5 Å². The Balaban J connectivity index is 1.63. The van der Waals surface area contributed by atoms with Gasteiger partial charge in [0.2, 0.25) is 5.95 Å². The zero-order chi connectivity index (χ0) is 27.0. The zero-order valence-corrected chi connectivity index (χ0v) is 21.6. The van der Waals surface area contributed by atoms with Gasteiger partial charge in [0.15, 0.2) is 5.82 Å². The van der Waals surface area contributed by atoms with Crippen LogP contribution in [-0.2, 0) is 4.79 Å². The van der Waals surface area contributed by atoms with Crippen LogP contribution in [-0.4, -0.2) is 32.7 Å². The van der Waals surface area contributed by atoms with Gasteiger partial charge in [-0.2, -0.15) is 4.98 Å². The zero-order valence-electron chi connectivity index (χ0n) is 20.1. The number of rotatable bonds is 6. The normalized spacial score (nSPS) is 14.5. The minimum atomic E-state index is -0.829. The number of carbonyl (C=O) groups is 1. The Labute approximate surface area is 227 Å². The van der Waals surface area contributed by atoms with Gasteiger partial charge >= 0.3 is 0 Å². The quantitative estimate of drug-likeness (QED) is 0.219. The van der Waals surface area contributed by atoms with Crippen molar-refractivity contribution in [3.63, 3.8) is 0 Å². The molecule has 38 heavy (non-hydrogen) atoms. The Morgan fingerprint density at radius 1 is 1.11 bits per heavy atom. The van der Waals surface area contributed by atoms with Crippen LogP contribution in [0, 0.1) is 10.1 Å². The number of nitro benzene ring substituents is 1. The highest BCUT2D eigenvalue weighted by atomic mass is 35.5. The van der Waals surface area contributed by atoms with E-state index in [1.54, 1.807) is 61.5 Å². The number of carbonyl (C=O) groups excluding carboxylic acids is 1. The highest BCUT2D eigenvalue weighted by molar-refractivity contribution is 6.42. The van der Waals surface area contributed by atoms with E-state index in [9.17, 15) is 14.9 Å². The first-order valence-corrected chi connectivity index (χ1v) is 12.1. The third-order valence-electron chi connectivity index (χ3n) is 6.03. The smallest absolute Gasteiger partial charge is 0.269 e. The van der Waals surface area contributed by atoms with Gasteiger partial charge in [-0.25, -0.2) is 4.68 Å². The molecule has 1 aliphatic heterocycles. The molecule has 0 saturated heterocycles. The SMILES string of the molecule is COc1ccccc1NC(=O)C1=C(C)Nc2nc(-c3ccc(Cl)c(Cl)c3)nn2C1c1cccc([N+](=O)[O-])c1. The van der Waals surface area contributed by atoms with Crippen molar-refractivity contribution in [1.82, 2.24) is 14.8 Å². The Bertz CT molecular complexity index is 1620. The van der Waals surface area contributed by atoms with E-state index >= 15 is 0 Å². The number of nitrogens with one attached hydrogen (secondary N) is 2. The van der Waals surface area contributed by atoms with Crippen LogP contribution in [0.5, 0.6) is 5.75 Å². The fourth-order valence-electron chi connectivity index (χ4n) is 4.26. The van der Waals surface area contributed by atoms with E-state index in [-0.39, 0.29) is 5.69 Å². The van der Waals surface area contributed by atoms with E-state index in [1.807, 2.05) is 0 Å². The molecule has 0 saturated carbocycles. The molecule has 12 heteroatoms. The predicted octanol–water partition coefficient (Wildman–Crippen LogP) is 6.10. The Morgan fingerprint density at radius 3 is 2.63 bits per heavy atom. The summed E-state index contributed by atoms with van der Waals surface area (Å²) < 4.78 is 6.90. The molecule has 0 radical (unpaired) electrons. The van der Waals surface area contributed by atoms with E-state index in [0.717, 1.165) is 0 Å². The molecule has 4 aromatic rings. The number of amides is 1. The number of nitrogens with zero attached hydrogens (tertiary/aromatic N) is 4. The lowest BCUT2D eigenvalue weighted by Crippen LogP contribution is -2.31. The topological polar surface area (TPSA) is 124 Å². The highest BCUT2D eigenvalue weighted by Gasteiger charge is 2.35. The third-order valence-corrected chi connectivity index (χ3v) is 6.77. The lowest BCUT2D eigenvalue weighted by Gasteiger charge is -2.28. The first kappa shape index (κ1) is 25.2. The number of hydrogen-bond donors (Lipinski definition) is 2. The van der Waals surface area contributed by atoms with Gasteiger partial charge in [-0.15, -0.1) is 5.10 Å². The molecule has 1 unspecified atom stereocenters. The molecule has 2 heterocycles. The summed E-state index contributed by atoms with van der Waals surface area (Å²) in [5, 5.41) is 23.0. The molecule has 5 rings (SSSR count). The van der Waals surface area contributed by atoms with Crippen LogP contribution in [0.4, 0.5) is 17.3 Å². The molecule has 1 atom stereocenters. The number of halogens is 2. The maximum atomic E-state index is 13.7. The first-order chi connectivity index (χ1) is 18.3. The molecule has 0 fully saturated rings. The Hall–Kier alpha value is -4.41. The maximum Gasteiger partial charge on any atom is 0.269 e. The number of allylic oxidation sites excluding steroid dienone is 1. The molecule has 10 nitrogen and oxygen atoms in total. The van der Waals surface area contributed by atoms with Crippen LogP contribution in [0.2, 0.25) is 10.0 Å². The molecule has 2 N–H and O–H groups in total. The summed E-state index contributed by atoms with van der Waals surface area (Å²) in [6.07, 6.45) is 0.